The lowest BCUT2D eigenvalue weighted by molar-refractivity contribution is -0.364. The number of allylic oxidation sites excluding steroid dienone is 1. The molecule has 0 amide bonds. The first-order valence-electron chi connectivity index (χ1n) is 16.7. The predicted molar refractivity (Wildman–Crippen MR) is 181 cm³/mol. The number of ketones is 1. The highest BCUT2D eigenvalue weighted by molar-refractivity contribution is 5.96. The van der Waals surface area contributed by atoms with Gasteiger partial charge in [0.1, 0.15) is 12.2 Å². The Hall–Kier alpha value is -3.71. The third kappa shape index (κ3) is 10.9. The van der Waals surface area contributed by atoms with Crippen molar-refractivity contribution in [2.75, 3.05) is 0 Å². The number of carboxylic acids is 2. The van der Waals surface area contributed by atoms with Crippen LogP contribution in [0.1, 0.15) is 92.6 Å². The Bertz CT molecular complexity index is 1310. The number of esters is 1. The molecule has 49 heavy (non-hydrogen) atoms. The molecule has 2 aliphatic rings. The first-order chi connectivity index (χ1) is 23.0. The fraction of sp³-hybridized carbons (Fsp3) is 0.595. The molecule has 2 aliphatic heterocycles. The van der Waals surface area contributed by atoms with E-state index in [1.54, 1.807) is 6.08 Å². The molecule has 0 radical (unpaired) electrons. The standard InChI is InChI=1S/C26H32O10.C9H16O2.C2H6/c1-15(21(34-18(4)29)16(2)12-19-8-6-5-7-9-19)10-11-25-20(30)13-24(14-27,36-25)26(33,23(31)32)22(35-25)17(3)28;1-3-8(2)6-4-5-7-9(10)11;1-2/h5-9,14,16,20-22,30,33H,1,10-13H2,2-4H3,(H,31,32);5,7-8H,3-4,6H2,1-2H3,(H,10,11);1-2H3/b;7-5+;/t16-,20-,21-,22?,24?,25?,26?;8-;/m10./s1. The van der Waals surface area contributed by atoms with E-state index in [4.69, 9.17) is 19.3 Å². The van der Waals surface area contributed by atoms with E-state index in [0.29, 0.717) is 17.9 Å². The molecule has 2 fully saturated rings. The van der Waals surface area contributed by atoms with Gasteiger partial charge in [-0.25, -0.2) is 9.59 Å². The van der Waals surface area contributed by atoms with Gasteiger partial charge in [-0.05, 0) is 49.7 Å². The van der Waals surface area contributed by atoms with Crippen LogP contribution in [0.25, 0.3) is 0 Å². The largest absolute Gasteiger partial charge is 0.479 e. The van der Waals surface area contributed by atoms with Gasteiger partial charge >= 0.3 is 17.9 Å². The van der Waals surface area contributed by atoms with E-state index in [-0.39, 0.29) is 25.0 Å². The zero-order chi connectivity index (χ0) is 37.6. The molecule has 0 aliphatic carbocycles. The maximum absolute atomic E-state index is 12.3. The molecule has 1 aromatic carbocycles. The molecular weight excluding hydrogens is 636 g/mol. The molecule has 3 rings (SSSR count). The van der Waals surface area contributed by atoms with Crippen molar-refractivity contribution in [3.05, 3.63) is 60.2 Å². The van der Waals surface area contributed by atoms with Gasteiger partial charge in [-0.2, -0.15) is 0 Å². The first kappa shape index (κ1) is 43.3. The van der Waals surface area contributed by atoms with Gasteiger partial charge in [-0.1, -0.05) is 84.0 Å². The van der Waals surface area contributed by atoms with Crippen LogP contribution in [0.2, 0.25) is 0 Å². The van der Waals surface area contributed by atoms with Gasteiger partial charge in [-0.15, -0.1) is 0 Å². The summed E-state index contributed by atoms with van der Waals surface area (Å²) in [5.74, 6) is -5.51. The number of hydrogen-bond donors (Lipinski definition) is 4. The minimum absolute atomic E-state index is 0.0825. The summed E-state index contributed by atoms with van der Waals surface area (Å²) >= 11 is 0. The van der Waals surface area contributed by atoms with Gasteiger partial charge in [0.15, 0.2) is 29.6 Å². The summed E-state index contributed by atoms with van der Waals surface area (Å²) in [6.07, 6.45) is 1.91. The normalized spacial score (nSPS) is 27.3. The van der Waals surface area contributed by atoms with E-state index in [0.717, 1.165) is 25.3 Å². The molecule has 2 bridgehead atoms. The number of hydrogen-bond acceptors (Lipinski definition) is 10. The summed E-state index contributed by atoms with van der Waals surface area (Å²) in [6, 6.07) is 9.60. The highest BCUT2D eigenvalue weighted by atomic mass is 16.8. The molecule has 274 valence electrons. The topological polar surface area (TPSA) is 194 Å². The number of aliphatic hydroxyl groups excluding tert-OH is 1. The van der Waals surface area contributed by atoms with Gasteiger partial charge < -0.3 is 34.6 Å². The predicted octanol–water partition coefficient (Wildman–Crippen LogP) is 4.83. The second-order valence-corrected chi connectivity index (χ2v) is 12.5. The van der Waals surface area contributed by atoms with Gasteiger partial charge in [0, 0.05) is 31.8 Å². The lowest BCUT2D eigenvalue weighted by Crippen LogP contribution is -2.73. The Morgan fingerprint density at radius 2 is 1.71 bits per heavy atom. The van der Waals surface area contributed by atoms with E-state index in [1.165, 1.54) is 19.4 Å². The minimum atomic E-state index is -3.02. The summed E-state index contributed by atoms with van der Waals surface area (Å²) in [5, 5.41) is 39.7. The zero-order valence-electron chi connectivity index (χ0n) is 29.7. The van der Waals surface area contributed by atoms with Crippen LogP contribution in [0.15, 0.2) is 54.6 Å². The number of fused-ring (bicyclic) bond motifs is 2. The molecule has 1 aromatic rings. The van der Waals surface area contributed by atoms with Crippen LogP contribution in [0.5, 0.6) is 0 Å². The molecule has 0 saturated carbocycles. The monoisotopic (exact) mass is 690 g/mol. The number of ether oxygens (including phenoxy) is 3. The molecule has 4 unspecified atom stereocenters. The highest BCUT2D eigenvalue weighted by Crippen LogP contribution is 2.53. The number of Topliss-reactive ketones (excluding diaryl/α,β-unsaturated/α-hetero) is 1. The lowest BCUT2D eigenvalue weighted by Gasteiger charge is -2.49. The average molecular weight is 691 g/mol. The molecule has 0 spiro atoms. The van der Waals surface area contributed by atoms with Crippen LogP contribution >= 0.6 is 0 Å². The number of aliphatic hydroxyl groups is 2. The Morgan fingerprint density at radius 1 is 1.10 bits per heavy atom. The first-order valence-corrected chi connectivity index (χ1v) is 16.7. The third-order valence-corrected chi connectivity index (χ3v) is 8.78. The minimum Gasteiger partial charge on any atom is -0.479 e. The van der Waals surface area contributed by atoms with E-state index in [1.807, 2.05) is 51.1 Å². The van der Waals surface area contributed by atoms with Crippen molar-refractivity contribution < 1.29 is 58.6 Å². The zero-order valence-corrected chi connectivity index (χ0v) is 29.7. The summed E-state index contributed by atoms with van der Waals surface area (Å²) in [6.45, 7) is 16.6. The number of benzene rings is 1. The number of aliphatic carboxylic acids is 2. The van der Waals surface area contributed by atoms with Crippen LogP contribution in [0.3, 0.4) is 0 Å². The highest BCUT2D eigenvalue weighted by Gasteiger charge is 2.76. The molecular formula is C37H54O12. The van der Waals surface area contributed by atoms with Gasteiger partial charge in [-0.3, -0.25) is 14.4 Å². The number of carbonyl (C=O) groups is 5. The fourth-order valence-electron chi connectivity index (χ4n) is 5.93. The second kappa shape index (κ2) is 19.5. The molecule has 0 aromatic heterocycles. The summed E-state index contributed by atoms with van der Waals surface area (Å²) in [7, 11) is 0. The van der Waals surface area contributed by atoms with E-state index < -0.39 is 65.4 Å². The van der Waals surface area contributed by atoms with E-state index in [9.17, 15) is 39.3 Å². The fourth-order valence-corrected chi connectivity index (χ4v) is 5.93. The van der Waals surface area contributed by atoms with Crippen LogP contribution in [0.4, 0.5) is 0 Å². The molecule has 4 N–H and O–H groups in total. The SMILES string of the molecule is C=C(CCC12OC(C(C)=O)C(O)(C(=O)O)C(C=O)(C[C@H]1O)O2)[C@@H](OC(C)=O)[C@H](C)Cc1ccccc1.CC.CC[C@H](C)CC/C=C/C(=O)O. The van der Waals surface area contributed by atoms with Gasteiger partial charge in [0.05, 0.1) is 0 Å². The van der Waals surface area contributed by atoms with Crippen LogP contribution in [-0.4, -0.2) is 85.7 Å². The second-order valence-electron chi connectivity index (χ2n) is 12.5. The van der Waals surface area contributed by atoms with Crippen LogP contribution < -0.4 is 0 Å². The van der Waals surface area contributed by atoms with Crippen molar-refractivity contribution in [1.82, 2.24) is 0 Å². The summed E-state index contributed by atoms with van der Waals surface area (Å²) in [5.41, 5.74) is -3.91. The van der Waals surface area contributed by atoms with Crippen molar-refractivity contribution in [1.29, 1.82) is 0 Å². The maximum atomic E-state index is 12.3. The Morgan fingerprint density at radius 3 is 2.20 bits per heavy atom. The maximum Gasteiger partial charge on any atom is 0.342 e. The van der Waals surface area contributed by atoms with Crippen molar-refractivity contribution >= 4 is 30.0 Å². The number of carbonyl (C=O) groups excluding carboxylic acids is 3. The molecule has 2 heterocycles. The number of rotatable bonds is 16. The molecule has 12 heteroatoms. The Balaban J connectivity index is 0.000000786. The smallest absolute Gasteiger partial charge is 0.342 e. The third-order valence-electron chi connectivity index (χ3n) is 8.78. The van der Waals surface area contributed by atoms with Crippen molar-refractivity contribution in [2.24, 2.45) is 11.8 Å². The average Bonchev–Trinajstić information content (AvgIpc) is 3.32. The number of aldehydes is 1. The number of carboxylic acid groups (broad SMARTS) is 2. The van der Waals surface area contributed by atoms with E-state index in [2.05, 4.69) is 20.4 Å². The Kier molecular flexibility index (Phi) is 17.2. The summed E-state index contributed by atoms with van der Waals surface area (Å²) < 4.78 is 16.9. The summed E-state index contributed by atoms with van der Waals surface area (Å²) in [4.78, 5) is 58.2. The Labute approximate surface area is 289 Å². The van der Waals surface area contributed by atoms with Gasteiger partial charge in [0.25, 0.3) is 0 Å². The lowest BCUT2D eigenvalue weighted by atomic mass is 9.76. The van der Waals surface area contributed by atoms with Crippen LogP contribution in [0, 0.1) is 11.8 Å². The molecule has 8 atom stereocenters. The molecule has 2 saturated heterocycles. The van der Waals surface area contributed by atoms with Crippen molar-refractivity contribution in [2.45, 2.75) is 129 Å². The van der Waals surface area contributed by atoms with Gasteiger partial charge in [0.2, 0.25) is 5.60 Å². The van der Waals surface area contributed by atoms with Crippen LogP contribution in [-0.2, 0) is 44.6 Å². The quantitative estimate of drug-likeness (QED) is 0.0800. The van der Waals surface area contributed by atoms with Crippen molar-refractivity contribution in [3.63, 3.8) is 0 Å². The molecule has 12 nitrogen and oxygen atoms in total. The van der Waals surface area contributed by atoms with E-state index >= 15 is 0 Å². The van der Waals surface area contributed by atoms with Crippen molar-refractivity contribution in [3.8, 4) is 0 Å².